The Bertz CT molecular complexity index is 1960. The lowest BCUT2D eigenvalue weighted by Crippen LogP contribution is -2.67. The van der Waals surface area contributed by atoms with Crippen LogP contribution >= 0.6 is 0 Å². The minimum Gasteiger partial charge on any atom is -0.463 e. The number of ether oxygens (including phenoxy) is 6. The van der Waals surface area contributed by atoms with Crippen molar-refractivity contribution in [2.45, 2.75) is 152 Å². The Morgan fingerprint density at radius 1 is 0.780 bits per heavy atom. The summed E-state index contributed by atoms with van der Waals surface area (Å²) in [5, 5.41) is 10.1. The molecule has 14 heteroatoms. The maximum absolute atomic E-state index is 15.2. The van der Waals surface area contributed by atoms with Gasteiger partial charge < -0.3 is 28.4 Å². The van der Waals surface area contributed by atoms with Crippen molar-refractivity contribution in [3.8, 4) is 6.07 Å². The zero-order valence-corrected chi connectivity index (χ0v) is 36.2. The van der Waals surface area contributed by atoms with Crippen LogP contribution in [-0.2, 0) is 62.0 Å². The zero-order chi connectivity index (χ0) is 43.8. The van der Waals surface area contributed by atoms with Gasteiger partial charge in [0.05, 0.1) is 11.0 Å². The quantitative estimate of drug-likeness (QED) is 0.219. The summed E-state index contributed by atoms with van der Waals surface area (Å²) < 4.78 is 34.4. The summed E-state index contributed by atoms with van der Waals surface area (Å²) in [6.07, 6.45) is -0.108. The molecule has 0 aromatic rings. The molecular weight excluding hydrogens is 762 g/mol. The van der Waals surface area contributed by atoms with Gasteiger partial charge in [0.15, 0.2) is 23.8 Å². The lowest BCUT2D eigenvalue weighted by molar-refractivity contribution is -0.305. The molecule has 1 aliphatic heterocycles. The molecule has 1 heterocycles. The van der Waals surface area contributed by atoms with E-state index in [-0.39, 0.29) is 28.5 Å². The van der Waals surface area contributed by atoms with Crippen molar-refractivity contribution >= 4 is 41.4 Å². The van der Waals surface area contributed by atoms with Crippen molar-refractivity contribution in [2.75, 3.05) is 6.61 Å². The first-order valence-electron chi connectivity index (χ1n) is 20.7. The monoisotopic (exact) mass is 821 g/mol. The number of hydrogen-bond donors (Lipinski definition) is 0. The van der Waals surface area contributed by atoms with Crippen LogP contribution in [0.2, 0.25) is 0 Å². The van der Waals surface area contributed by atoms with E-state index >= 15 is 9.59 Å². The summed E-state index contributed by atoms with van der Waals surface area (Å²) in [6, 6.07) is 2.14. The largest absolute Gasteiger partial charge is 0.463 e. The number of nitriles is 1. The number of carbonyl (C=O) groups excluding carboxylic acids is 7. The molecule has 0 bridgehead atoms. The van der Waals surface area contributed by atoms with E-state index in [0.717, 1.165) is 26.3 Å². The number of fused-ring (bicyclic) bond motifs is 7. The van der Waals surface area contributed by atoms with E-state index in [4.69, 9.17) is 28.4 Å². The Hall–Kier alpha value is -4.38. The highest BCUT2D eigenvalue weighted by atomic mass is 16.7. The summed E-state index contributed by atoms with van der Waals surface area (Å²) >= 11 is 0. The second-order valence-electron chi connectivity index (χ2n) is 19.9. The van der Waals surface area contributed by atoms with Gasteiger partial charge in [-0.3, -0.25) is 33.6 Å². The van der Waals surface area contributed by atoms with Crippen LogP contribution in [-0.4, -0.2) is 78.7 Å². The standard InChI is InChI=1S/C45H59NO13/c1-23(47)54-22-30-34(55-24(2)48)35(56-25(3)49)36(57-26(4)50)38(58-30)59-39(53)45-16-14-40(5,6)20-28(45)33-29(51)18-32-42(9)19-27(21-46)37(52)41(7,8)31(42)12-13-43(32,10)44(33,11)15-17-45/h18-19,28,30-31,33-36,38H,12-17,20,22H2,1-11H3/t28?,30-,31+,33?,34+,35+,36-,38+,42+,43-,44-,45+/m1/s1. The van der Waals surface area contributed by atoms with E-state index < -0.39 is 106 Å². The molecule has 3 saturated carbocycles. The van der Waals surface area contributed by atoms with E-state index in [1.807, 2.05) is 13.8 Å². The van der Waals surface area contributed by atoms with Crippen LogP contribution in [0.3, 0.4) is 0 Å². The van der Waals surface area contributed by atoms with Gasteiger partial charge in [0.2, 0.25) is 12.4 Å². The molecule has 0 aromatic heterocycles. The third kappa shape index (κ3) is 7.12. The summed E-state index contributed by atoms with van der Waals surface area (Å²) in [5.74, 6) is -5.26. The predicted octanol–water partition coefficient (Wildman–Crippen LogP) is 5.83. The van der Waals surface area contributed by atoms with Crippen LogP contribution in [0.5, 0.6) is 0 Å². The van der Waals surface area contributed by atoms with Gasteiger partial charge in [0, 0.05) is 44.4 Å². The van der Waals surface area contributed by atoms with Crippen LogP contribution < -0.4 is 0 Å². The van der Waals surface area contributed by atoms with E-state index in [1.165, 1.54) is 6.92 Å². The first-order chi connectivity index (χ1) is 27.3. The van der Waals surface area contributed by atoms with Gasteiger partial charge in [0.25, 0.3) is 0 Å². The van der Waals surface area contributed by atoms with E-state index in [9.17, 15) is 29.2 Å². The number of carbonyl (C=O) groups is 7. The topological polar surface area (TPSA) is 199 Å². The first-order valence-corrected chi connectivity index (χ1v) is 20.7. The van der Waals surface area contributed by atoms with E-state index in [2.05, 4.69) is 40.7 Å². The van der Waals surface area contributed by atoms with E-state index in [0.29, 0.717) is 44.9 Å². The molecule has 6 rings (SSSR count). The van der Waals surface area contributed by atoms with Crippen LogP contribution in [0.1, 0.15) is 121 Å². The molecule has 59 heavy (non-hydrogen) atoms. The molecular formula is C45H59NO13. The van der Waals surface area contributed by atoms with Gasteiger partial charge in [-0.05, 0) is 79.1 Å². The Labute approximate surface area is 346 Å². The molecule has 5 aliphatic carbocycles. The third-order valence-corrected chi connectivity index (χ3v) is 15.4. The number of Topliss-reactive ketones (excluding diaryl/α,β-unsaturated/α-hetero) is 1. The maximum atomic E-state index is 15.2. The number of ketones is 2. The average molecular weight is 822 g/mol. The van der Waals surface area contributed by atoms with Gasteiger partial charge >= 0.3 is 29.8 Å². The maximum Gasteiger partial charge on any atom is 0.314 e. The summed E-state index contributed by atoms with van der Waals surface area (Å²) in [5.41, 5.74) is -3.06. The second-order valence-corrected chi connectivity index (χ2v) is 19.9. The number of allylic oxidation sites excluding steroid dienone is 4. The number of rotatable bonds is 7. The second kappa shape index (κ2) is 15.0. The fourth-order valence-electron chi connectivity index (χ4n) is 12.5. The molecule has 0 amide bonds. The zero-order valence-electron chi connectivity index (χ0n) is 36.2. The van der Waals surface area contributed by atoms with Crippen LogP contribution in [0, 0.1) is 61.6 Å². The van der Waals surface area contributed by atoms with Crippen LogP contribution in [0.25, 0.3) is 0 Å². The number of nitrogens with zero attached hydrogens (tertiary/aromatic N) is 1. The molecule has 0 N–H and O–H groups in total. The predicted molar refractivity (Wildman–Crippen MR) is 207 cm³/mol. The van der Waals surface area contributed by atoms with Crippen molar-refractivity contribution in [1.82, 2.24) is 0 Å². The minimum absolute atomic E-state index is 0.102. The van der Waals surface area contributed by atoms with Gasteiger partial charge in [-0.1, -0.05) is 60.1 Å². The Kier molecular flexibility index (Phi) is 11.2. The lowest BCUT2D eigenvalue weighted by atomic mass is 9.34. The van der Waals surface area contributed by atoms with Crippen molar-refractivity contribution in [3.63, 3.8) is 0 Å². The first kappa shape index (κ1) is 44.2. The van der Waals surface area contributed by atoms with Crippen LogP contribution in [0.4, 0.5) is 0 Å². The van der Waals surface area contributed by atoms with Crippen molar-refractivity contribution in [2.24, 2.45) is 50.2 Å². The third-order valence-electron chi connectivity index (χ3n) is 15.4. The van der Waals surface area contributed by atoms with E-state index in [1.54, 1.807) is 12.2 Å². The van der Waals surface area contributed by atoms with Gasteiger partial charge in [-0.2, -0.15) is 5.26 Å². The average Bonchev–Trinajstić information content (AvgIpc) is 3.11. The highest BCUT2D eigenvalue weighted by Gasteiger charge is 2.71. The molecule has 2 unspecified atom stereocenters. The normalized spacial score (nSPS) is 40.4. The fraction of sp³-hybridized carbons (Fsp3) is 0.733. The van der Waals surface area contributed by atoms with Crippen LogP contribution in [0.15, 0.2) is 23.3 Å². The molecule has 0 radical (unpaired) electrons. The summed E-state index contributed by atoms with van der Waals surface area (Å²) in [4.78, 5) is 92.9. The highest BCUT2D eigenvalue weighted by Crippen LogP contribution is 2.74. The highest BCUT2D eigenvalue weighted by molar-refractivity contribution is 6.04. The van der Waals surface area contributed by atoms with Crippen molar-refractivity contribution < 1.29 is 62.0 Å². The molecule has 6 aliphatic rings. The molecule has 322 valence electrons. The Morgan fingerprint density at radius 2 is 1.37 bits per heavy atom. The molecule has 4 fully saturated rings. The van der Waals surface area contributed by atoms with Crippen molar-refractivity contribution in [3.05, 3.63) is 23.3 Å². The smallest absolute Gasteiger partial charge is 0.314 e. The SMILES string of the molecule is CC(=O)OC[C@H]1O[C@@H](OC(=O)[C@]23CCC(C)(C)CC2C2C(=O)C=C4[C@@]5(C)C=C(C#N)C(=O)C(C)(C)[C@@H]5CC[C@@]4(C)[C@]2(C)CC3)[C@H](OC(C)=O)[C@@H](OC(C)=O)[C@H]1OC(C)=O. The Balaban J connectivity index is 1.42. The fourth-order valence-corrected chi connectivity index (χ4v) is 12.5. The molecule has 0 spiro atoms. The Morgan fingerprint density at radius 3 is 1.97 bits per heavy atom. The molecule has 14 nitrogen and oxygen atoms in total. The minimum atomic E-state index is -1.69. The molecule has 1 saturated heterocycles. The number of hydrogen-bond acceptors (Lipinski definition) is 14. The molecule has 12 atom stereocenters. The summed E-state index contributed by atoms with van der Waals surface area (Å²) in [6.45, 7) is 18.5. The summed E-state index contributed by atoms with van der Waals surface area (Å²) in [7, 11) is 0. The lowest BCUT2D eigenvalue weighted by Gasteiger charge is -2.68. The van der Waals surface area contributed by atoms with Gasteiger partial charge in [-0.15, -0.1) is 0 Å². The molecule has 0 aromatic carbocycles. The van der Waals surface area contributed by atoms with Gasteiger partial charge in [-0.25, -0.2) is 0 Å². The van der Waals surface area contributed by atoms with Crippen molar-refractivity contribution in [1.29, 1.82) is 5.26 Å². The van der Waals surface area contributed by atoms with Gasteiger partial charge in [0.1, 0.15) is 18.8 Å². The number of esters is 5.